The largest absolute Gasteiger partial charge is 0.330 e. The molecular weight excluding hydrogens is 248 g/mol. The van der Waals surface area contributed by atoms with Gasteiger partial charge in [-0.2, -0.15) is 0 Å². The summed E-state index contributed by atoms with van der Waals surface area (Å²) in [4.78, 5) is 14.1. The molecule has 1 aromatic carbocycles. The molecule has 1 aliphatic carbocycles. The number of benzene rings is 1. The number of nitrogens with zero attached hydrogens (tertiary/aromatic N) is 1. The molecule has 3 nitrogen and oxygen atoms in total. The van der Waals surface area contributed by atoms with E-state index < -0.39 is 0 Å². The van der Waals surface area contributed by atoms with Gasteiger partial charge in [-0.3, -0.25) is 4.79 Å². The van der Waals surface area contributed by atoms with Gasteiger partial charge in [0, 0.05) is 6.04 Å². The van der Waals surface area contributed by atoms with Crippen LogP contribution in [0.25, 0.3) is 6.08 Å². The van der Waals surface area contributed by atoms with Crippen molar-refractivity contribution in [3.63, 3.8) is 0 Å². The molecule has 2 N–H and O–H groups in total. The van der Waals surface area contributed by atoms with Gasteiger partial charge in [-0.15, -0.1) is 0 Å². The van der Waals surface area contributed by atoms with Crippen molar-refractivity contribution >= 4 is 12.0 Å². The van der Waals surface area contributed by atoms with Crippen LogP contribution in [0.5, 0.6) is 0 Å². The molecule has 3 heteroatoms. The summed E-state index contributed by atoms with van der Waals surface area (Å²) in [6.07, 6.45) is 10.2. The van der Waals surface area contributed by atoms with Crippen molar-refractivity contribution in [3.8, 4) is 0 Å². The zero-order valence-corrected chi connectivity index (χ0v) is 11.7. The number of likely N-dealkylation sites (tertiary alicyclic amines) is 1. The summed E-state index contributed by atoms with van der Waals surface area (Å²) in [5.41, 5.74) is 7.14. The van der Waals surface area contributed by atoms with E-state index in [0.29, 0.717) is 6.04 Å². The molecule has 0 aromatic heterocycles. The van der Waals surface area contributed by atoms with Crippen molar-refractivity contribution in [1.29, 1.82) is 0 Å². The van der Waals surface area contributed by atoms with E-state index >= 15 is 0 Å². The Labute approximate surface area is 120 Å². The van der Waals surface area contributed by atoms with Crippen LogP contribution in [0.2, 0.25) is 0 Å². The number of carbonyl (C=O) groups is 1. The van der Waals surface area contributed by atoms with Gasteiger partial charge in [-0.05, 0) is 18.4 Å². The predicted octanol–water partition coefficient (Wildman–Crippen LogP) is 2.57. The van der Waals surface area contributed by atoms with Gasteiger partial charge in [-0.1, -0.05) is 61.7 Å². The highest BCUT2D eigenvalue weighted by molar-refractivity contribution is 5.90. The maximum Gasteiger partial charge on any atom is 0.242 e. The Morgan fingerprint density at radius 1 is 1.10 bits per heavy atom. The SMILES string of the molecule is N[C@@H]1C(=O)N(C2CCCCC2)[C@@H]1/C=C/c1ccccc1. The fourth-order valence-corrected chi connectivity index (χ4v) is 3.32. The number of carbonyl (C=O) groups excluding carboxylic acids is 1. The zero-order chi connectivity index (χ0) is 13.9. The van der Waals surface area contributed by atoms with E-state index in [1.165, 1.54) is 19.3 Å². The van der Waals surface area contributed by atoms with Crippen LogP contribution < -0.4 is 5.73 Å². The maximum atomic E-state index is 12.0. The number of nitrogens with two attached hydrogens (primary N) is 1. The van der Waals surface area contributed by atoms with E-state index in [9.17, 15) is 4.79 Å². The number of amides is 1. The fourth-order valence-electron chi connectivity index (χ4n) is 3.32. The number of rotatable bonds is 3. The van der Waals surface area contributed by atoms with Gasteiger partial charge in [0.05, 0.1) is 6.04 Å². The van der Waals surface area contributed by atoms with Crippen LogP contribution in [0.4, 0.5) is 0 Å². The second kappa shape index (κ2) is 5.80. The first-order chi connectivity index (χ1) is 9.77. The zero-order valence-electron chi connectivity index (χ0n) is 11.7. The van der Waals surface area contributed by atoms with Crippen molar-refractivity contribution in [2.24, 2.45) is 5.73 Å². The first kappa shape index (κ1) is 13.4. The van der Waals surface area contributed by atoms with Crippen molar-refractivity contribution in [2.45, 2.75) is 50.2 Å². The summed E-state index contributed by atoms with van der Waals surface area (Å²) in [7, 11) is 0. The van der Waals surface area contributed by atoms with E-state index in [0.717, 1.165) is 18.4 Å². The van der Waals surface area contributed by atoms with Gasteiger partial charge < -0.3 is 10.6 Å². The maximum absolute atomic E-state index is 12.0. The van der Waals surface area contributed by atoms with Gasteiger partial charge >= 0.3 is 0 Å². The molecule has 0 spiro atoms. The molecule has 2 fully saturated rings. The standard InChI is InChI=1S/C17H22N2O/c18-16-15(12-11-13-7-3-1-4-8-13)19(17(16)20)14-9-5-2-6-10-14/h1,3-4,7-8,11-12,14-16H,2,5-6,9-10,18H2/b12-11+/t15-,16+/m1/s1. The third-order valence-corrected chi connectivity index (χ3v) is 4.48. The minimum Gasteiger partial charge on any atom is -0.330 e. The second-order valence-corrected chi connectivity index (χ2v) is 5.82. The fraction of sp³-hybridized carbons (Fsp3) is 0.471. The Kier molecular flexibility index (Phi) is 3.88. The van der Waals surface area contributed by atoms with Crippen LogP contribution in [0.15, 0.2) is 36.4 Å². The number of hydrogen-bond donors (Lipinski definition) is 1. The molecule has 1 amide bonds. The quantitative estimate of drug-likeness (QED) is 0.858. The first-order valence-electron chi connectivity index (χ1n) is 7.58. The predicted molar refractivity (Wildman–Crippen MR) is 81.0 cm³/mol. The van der Waals surface area contributed by atoms with E-state index in [2.05, 4.69) is 24.3 Å². The Bertz CT molecular complexity index is 491. The van der Waals surface area contributed by atoms with Crippen molar-refractivity contribution in [1.82, 2.24) is 4.90 Å². The highest BCUT2D eigenvalue weighted by Gasteiger charge is 2.46. The van der Waals surface area contributed by atoms with Crippen molar-refractivity contribution in [3.05, 3.63) is 42.0 Å². The molecule has 1 aliphatic heterocycles. The molecule has 1 saturated carbocycles. The smallest absolute Gasteiger partial charge is 0.242 e. The molecule has 1 aromatic rings. The second-order valence-electron chi connectivity index (χ2n) is 5.82. The monoisotopic (exact) mass is 270 g/mol. The molecule has 106 valence electrons. The topological polar surface area (TPSA) is 46.3 Å². The third kappa shape index (κ3) is 2.50. The minimum atomic E-state index is -0.350. The molecule has 3 rings (SSSR count). The van der Waals surface area contributed by atoms with Crippen molar-refractivity contribution in [2.75, 3.05) is 0 Å². The molecule has 0 bridgehead atoms. The molecule has 0 radical (unpaired) electrons. The molecule has 1 saturated heterocycles. The van der Waals surface area contributed by atoms with Crippen molar-refractivity contribution < 1.29 is 4.79 Å². The summed E-state index contributed by atoms with van der Waals surface area (Å²) in [5, 5.41) is 0. The van der Waals surface area contributed by atoms with Crippen LogP contribution in [0.3, 0.4) is 0 Å². The number of β-lactam (4-membered cyclic amide) rings is 1. The van der Waals surface area contributed by atoms with E-state index in [4.69, 9.17) is 5.73 Å². The van der Waals surface area contributed by atoms with Gasteiger partial charge in [0.2, 0.25) is 5.91 Å². The Hall–Kier alpha value is -1.61. The summed E-state index contributed by atoms with van der Waals surface area (Å²) in [6, 6.07) is 10.3. The summed E-state index contributed by atoms with van der Waals surface area (Å²) in [5.74, 6) is 0.125. The third-order valence-electron chi connectivity index (χ3n) is 4.48. The lowest BCUT2D eigenvalue weighted by Gasteiger charge is -2.49. The minimum absolute atomic E-state index is 0.0748. The summed E-state index contributed by atoms with van der Waals surface area (Å²) < 4.78 is 0. The lowest BCUT2D eigenvalue weighted by atomic mass is 9.86. The lowest BCUT2D eigenvalue weighted by molar-refractivity contribution is -0.151. The van der Waals surface area contributed by atoms with Crippen LogP contribution in [0.1, 0.15) is 37.7 Å². The normalized spacial score (nSPS) is 27.9. The lowest BCUT2D eigenvalue weighted by Crippen LogP contribution is -2.70. The van der Waals surface area contributed by atoms with E-state index in [-0.39, 0.29) is 18.0 Å². The summed E-state index contributed by atoms with van der Waals surface area (Å²) in [6.45, 7) is 0. The van der Waals surface area contributed by atoms with Gasteiger partial charge in [0.1, 0.15) is 6.04 Å². The Morgan fingerprint density at radius 2 is 1.80 bits per heavy atom. The van der Waals surface area contributed by atoms with Gasteiger partial charge in [-0.25, -0.2) is 0 Å². The molecular formula is C17H22N2O. The Balaban J connectivity index is 1.70. The molecule has 0 unspecified atom stereocenters. The molecule has 20 heavy (non-hydrogen) atoms. The molecule has 2 aliphatic rings. The van der Waals surface area contributed by atoms with E-state index in [1.54, 1.807) is 0 Å². The van der Waals surface area contributed by atoms with Crippen LogP contribution in [0, 0.1) is 0 Å². The summed E-state index contributed by atoms with van der Waals surface area (Å²) >= 11 is 0. The number of hydrogen-bond acceptors (Lipinski definition) is 2. The van der Waals surface area contributed by atoms with Crippen LogP contribution in [-0.4, -0.2) is 28.9 Å². The Morgan fingerprint density at radius 3 is 2.50 bits per heavy atom. The van der Waals surface area contributed by atoms with Gasteiger partial charge in [0.15, 0.2) is 0 Å². The molecule has 2 atom stereocenters. The highest BCUT2D eigenvalue weighted by atomic mass is 16.2. The van der Waals surface area contributed by atoms with Gasteiger partial charge in [0.25, 0.3) is 0 Å². The van der Waals surface area contributed by atoms with E-state index in [1.807, 2.05) is 23.1 Å². The van der Waals surface area contributed by atoms with Crippen LogP contribution >= 0.6 is 0 Å². The highest BCUT2D eigenvalue weighted by Crippen LogP contribution is 2.31. The first-order valence-corrected chi connectivity index (χ1v) is 7.58. The average Bonchev–Trinajstić information content (AvgIpc) is 2.52. The molecule has 1 heterocycles. The van der Waals surface area contributed by atoms with Crippen LogP contribution in [-0.2, 0) is 4.79 Å². The average molecular weight is 270 g/mol.